The van der Waals surface area contributed by atoms with E-state index in [1.54, 1.807) is 35.6 Å². The summed E-state index contributed by atoms with van der Waals surface area (Å²) in [5.41, 5.74) is 1.93. The molecule has 0 aliphatic carbocycles. The number of pyridine rings is 2. The van der Waals surface area contributed by atoms with Crippen molar-refractivity contribution in [3.63, 3.8) is 0 Å². The monoisotopic (exact) mass is 675 g/mol. The van der Waals surface area contributed by atoms with Gasteiger partial charge in [0.15, 0.2) is 5.60 Å². The Kier molecular flexibility index (Phi) is 9.54. The molecule has 5 heterocycles. The van der Waals surface area contributed by atoms with Gasteiger partial charge in [0, 0.05) is 41.7 Å². The van der Waals surface area contributed by atoms with Gasteiger partial charge in [-0.15, -0.1) is 0 Å². The average Bonchev–Trinajstić information content (AvgIpc) is 3.40. The number of benzene rings is 1. The molecule has 0 saturated carbocycles. The van der Waals surface area contributed by atoms with E-state index < -0.39 is 29.8 Å². The largest absolute Gasteiger partial charge is 0.490 e. The van der Waals surface area contributed by atoms with Gasteiger partial charge in [0.05, 0.1) is 29.0 Å². The number of hydrogen-bond donors (Lipinski definition) is 3. The summed E-state index contributed by atoms with van der Waals surface area (Å²) < 4.78 is 44.5. The van der Waals surface area contributed by atoms with Crippen molar-refractivity contribution in [1.82, 2.24) is 24.7 Å². The van der Waals surface area contributed by atoms with Gasteiger partial charge in [-0.1, -0.05) is 6.92 Å². The number of nitrogens with zero attached hydrogens (tertiary/aromatic N) is 4. The molecule has 0 bridgehead atoms. The topological polar surface area (TPSA) is 164 Å². The fourth-order valence-electron chi connectivity index (χ4n) is 6.18. The minimum absolute atomic E-state index is 0.0853. The number of hydrogen-bond acceptors (Lipinski definition) is 10. The van der Waals surface area contributed by atoms with Gasteiger partial charge in [0.1, 0.15) is 12.4 Å². The Bertz CT molecular complexity index is 1840. The van der Waals surface area contributed by atoms with E-state index >= 15 is 0 Å². The number of esters is 1. The Morgan fingerprint density at radius 2 is 1.83 bits per heavy atom. The van der Waals surface area contributed by atoms with E-state index in [2.05, 4.69) is 5.32 Å². The standard InChI is InChI=1S/C30H35N5O6.C2HF3O2/c1-5-30(39)22-13-24-26-17(14-35(24)27(36)21(22)16-40-28(30)37)12-19-20(15-33(2)3)25(7-6-23(19)32-26)41-29(38)34(4)18-8-10-31-11-9-18;3-2(4,5)1(6)7/h6-7,12-13,18,31,39H,5,8-11,14-16H2,1-4H3;(H,6,7)/t30-;/m0./s1. The van der Waals surface area contributed by atoms with Crippen molar-refractivity contribution in [3.05, 3.63) is 56.9 Å². The molecule has 6 rings (SSSR count). The molecule has 0 radical (unpaired) electrons. The molecule has 16 heteroatoms. The summed E-state index contributed by atoms with van der Waals surface area (Å²) in [6.45, 7) is 4.06. The highest BCUT2D eigenvalue weighted by Crippen LogP contribution is 2.40. The molecule has 3 aliphatic rings. The third-order valence-corrected chi connectivity index (χ3v) is 8.82. The molecule has 3 aromatic rings. The molecule has 1 saturated heterocycles. The lowest BCUT2D eigenvalue weighted by Crippen LogP contribution is -2.45. The molecular weight excluding hydrogens is 639 g/mol. The summed E-state index contributed by atoms with van der Waals surface area (Å²) in [6, 6.07) is 7.43. The van der Waals surface area contributed by atoms with Crippen LogP contribution in [0.4, 0.5) is 18.0 Å². The van der Waals surface area contributed by atoms with Crippen LogP contribution in [-0.2, 0) is 39.6 Å². The number of carbonyl (C=O) groups is 3. The summed E-state index contributed by atoms with van der Waals surface area (Å²) in [5.74, 6) is -3.03. The number of carboxylic acids is 1. The molecule has 3 aliphatic heterocycles. The third-order valence-electron chi connectivity index (χ3n) is 8.82. The predicted molar refractivity (Wildman–Crippen MR) is 165 cm³/mol. The minimum Gasteiger partial charge on any atom is -0.475 e. The van der Waals surface area contributed by atoms with E-state index in [4.69, 9.17) is 24.4 Å². The number of aliphatic hydroxyl groups is 1. The zero-order valence-electron chi connectivity index (χ0n) is 26.8. The number of cyclic esters (lactones) is 1. The maximum absolute atomic E-state index is 13.5. The van der Waals surface area contributed by atoms with Crippen LogP contribution in [0.1, 0.15) is 48.4 Å². The molecule has 1 amide bonds. The first-order valence-electron chi connectivity index (χ1n) is 15.3. The van der Waals surface area contributed by atoms with Crippen molar-refractivity contribution < 1.29 is 47.2 Å². The van der Waals surface area contributed by atoms with Crippen molar-refractivity contribution in [3.8, 4) is 17.1 Å². The first-order chi connectivity index (χ1) is 22.6. The number of aromatic nitrogens is 2. The number of nitrogens with one attached hydrogen (secondary N) is 1. The fraction of sp³-hybridized carbons (Fsp3) is 0.469. The van der Waals surface area contributed by atoms with E-state index in [0.29, 0.717) is 35.7 Å². The van der Waals surface area contributed by atoms with Crippen molar-refractivity contribution >= 4 is 28.9 Å². The number of fused-ring (bicyclic) bond motifs is 5. The number of rotatable bonds is 5. The van der Waals surface area contributed by atoms with Crippen molar-refractivity contribution in [2.24, 2.45) is 0 Å². The zero-order chi connectivity index (χ0) is 35.1. The molecule has 258 valence electrons. The highest BCUT2D eigenvalue weighted by Gasteiger charge is 2.45. The molecule has 2 aromatic heterocycles. The van der Waals surface area contributed by atoms with E-state index in [0.717, 1.165) is 42.4 Å². The molecule has 1 aromatic carbocycles. The van der Waals surface area contributed by atoms with E-state index in [1.165, 1.54) is 0 Å². The van der Waals surface area contributed by atoms with Crippen LogP contribution in [0.15, 0.2) is 29.1 Å². The van der Waals surface area contributed by atoms with Gasteiger partial charge in [0.2, 0.25) is 0 Å². The summed E-state index contributed by atoms with van der Waals surface area (Å²) in [5, 5.41) is 22.4. The lowest BCUT2D eigenvalue weighted by molar-refractivity contribution is -0.192. The summed E-state index contributed by atoms with van der Waals surface area (Å²) in [4.78, 5) is 56.7. The molecule has 0 spiro atoms. The van der Waals surface area contributed by atoms with Gasteiger partial charge in [-0.05, 0) is 70.7 Å². The normalized spacial score (nSPS) is 18.7. The first-order valence-corrected chi connectivity index (χ1v) is 15.3. The highest BCUT2D eigenvalue weighted by molar-refractivity contribution is 5.90. The Morgan fingerprint density at radius 3 is 2.44 bits per heavy atom. The molecule has 1 fully saturated rings. The van der Waals surface area contributed by atoms with Gasteiger partial charge < -0.3 is 39.4 Å². The van der Waals surface area contributed by atoms with Crippen LogP contribution >= 0.6 is 0 Å². The van der Waals surface area contributed by atoms with Crippen LogP contribution < -0.4 is 15.6 Å². The number of amides is 1. The summed E-state index contributed by atoms with van der Waals surface area (Å²) >= 11 is 0. The molecule has 13 nitrogen and oxygen atoms in total. The molecule has 1 atom stereocenters. The second-order valence-electron chi connectivity index (χ2n) is 12.2. The Hall–Kier alpha value is -4.54. The van der Waals surface area contributed by atoms with Crippen LogP contribution in [0.2, 0.25) is 0 Å². The van der Waals surface area contributed by atoms with E-state index in [1.807, 2.05) is 31.1 Å². The quantitative estimate of drug-likeness (QED) is 0.267. The SMILES string of the molecule is CC[C@@]1(O)C(=O)OCc2c1cc1n(c2=O)Cc2cc3c(CN(C)C)c(OC(=O)N(C)C4CCNCC4)ccc3nc2-1.O=C(O)C(F)(F)F. The predicted octanol–water partition coefficient (Wildman–Crippen LogP) is 2.96. The fourth-order valence-corrected chi connectivity index (χ4v) is 6.18. The minimum atomic E-state index is -5.08. The van der Waals surface area contributed by atoms with Gasteiger partial charge >= 0.3 is 24.2 Å². The Balaban J connectivity index is 0.000000582. The molecule has 48 heavy (non-hydrogen) atoms. The van der Waals surface area contributed by atoms with E-state index in [9.17, 15) is 32.7 Å². The van der Waals surface area contributed by atoms with Gasteiger partial charge in [-0.3, -0.25) is 4.79 Å². The van der Waals surface area contributed by atoms with Crippen LogP contribution in [0.25, 0.3) is 22.3 Å². The number of carbonyl (C=O) groups excluding carboxylic acids is 2. The lowest BCUT2D eigenvalue weighted by Gasteiger charge is -2.31. The second kappa shape index (κ2) is 13.2. The maximum atomic E-state index is 13.5. The molecule has 3 N–H and O–H groups in total. The number of alkyl halides is 3. The number of ether oxygens (including phenoxy) is 2. The van der Waals surface area contributed by atoms with E-state index in [-0.39, 0.29) is 35.8 Å². The van der Waals surface area contributed by atoms with Crippen LogP contribution in [0.3, 0.4) is 0 Å². The van der Waals surface area contributed by atoms with Crippen LogP contribution in [0, 0.1) is 0 Å². The van der Waals surface area contributed by atoms with Gasteiger partial charge in [0.25, 0.3) is 5.56 Å². The maximum Gasteiger partial charge on any atom is 0.490 e. The molecule has 0 unspecified atom stereocenters. The second-order valence-corrected chi connectivity index (χ2v) is 12.2. The zero-order valence-corrected chi connectivity index (χ0v) is 26.8. The number of piperidine rings is 1. The number of halogens is 3. The third kappa shape index (κ3) is 6.47. The van der Waals surface area contributed by atoms with Crippen molar-refractivity contribution in [2.75, 3.05) is 34.2 Å². The highest BCUT2D eigenvalue weighted by atomic mass is 19.4. The summed E-state index contributed by atoms with van der Waals surface area (Å²) in [6.07, 6.45) is -3.64. The molecular formula is C32H36F3N5O8. The smallest absolute Gasteiger partial charge is 0.475 e. The summed E-state index contributed by atoms with van der Waals surface area (Å²) in [7, 11) is 5.68. The van der Waals surface area contributed by atoms with Crippen molar-refractivity contribution in [2.45, 2.75) is 63.7 Å². The van der Waals surface area contributed by atoms with Crippen LogP contribution in [0.5, 0.6) is 5.75 Å². The van der Waals surface area contributed by atoms with Gasteiger partial charge in [-0.2, -0.15) is 13.2 Å². The van der Waals surface area contributed by atoms with Crippen molar-refractivity contribution in [1.29, 1.82) is 0 Å². The Labute approximate surface area is 272 Å². The number of carboxylic acid groups (broad SMARTS) is 1. The first kappa shape index (κ1) is 34.8. The lowest BCUT2D eigenvalue weighted by atomic mass is 9.86. The van der Waals surface area contributed by atoms with Gasteiger partial charge in [-0.25, -0.2) is 19.4 Å². The number of aliphatic carboxylic acids is 1. The Morgan fingerprint density at radius 1 is 1.17 bits per heavy atom. The average molecular weight is 676 g/mol. The van der Waals surface area contributed by atoms with Crippen LogP contribution in [-0.4, -0.2) is 94.0 Å².